The molecule has 0 spiro atoms. The number of aromatic nitrogens is 1. The Morgan fingerprint density at radius 3 is 2.22 bits per heavy atom. The average Bonchev–Trinajstić information content (AvgIpc) is 3.24. The lowest BCUT2D eigenvalue weighted by Gasteiger charge is -2.45. The molecule has 1 fully saturated rings. The number of carbonyl (C=O) groups excluding carboxylic acids is 5. The van der Waals surface area contributed by atoms with Gasteiger partial charge in [0.25, 0.3) is 0 Å². The maximum Gasteiger partial charge on any atom is 0.185 e. The second kappa shape index (κ2) is 13.9. The highest BCUT2D eigenvalue weighted by atomic mass is 32.1. The maximum atomic E-state index is 11.6. The molecule has 32 heavy (non-hydrogen) atoms. The van der Waals surface area contributed by atoms with Gasteiger partial charge in [-0.25, -0.2) is 4.98 Å². The number of hydrogen-bond donors (Lipinski definition) is 1. The van der Waals surface area contributed by atoms with Gasteiger partial charge in [0.15, 0.2) is 17.1 Å². The molecule has 176 valence electrons. The first kappa shape index (κ1) is 20.2. The van der Waals surface area contributed by atoms with Crippen molar-refractivity contribution < 1.29 is 53.1 Å². The van der Waals surface area contributed by atoms with Gasteiger partial charge in [-0.05, 0) is 0 Å². The zero-order chi connectivity index (χ0) is 26.8. The van der Waals surface area contributed by atoms with E-state index in [1.807, 2.05) is 0 Å². The van der Waals surface area contributed by atoms with E-state index in [4.69, 9.17) is 29.2 Å². The van der Waals surface area contributed by atoms with Crippen molar-refractivity contribution in [2.75, 3.05) is 38.4 Å². The molecule has 13 heteroatoms. The van der Waals surface area contributed by atoms with E-state index in [9.17, 15) is 24.0 Å². The Kier molecular flexibility index (Phi) is 8.76. The fourth-order valence-electron chi connectivity index (χ4n) is 2.97. The number of rotatable bonds is 16. The summed E-state index contributed by atoms with van der Waals surface area (Å²) in [7, 11) is 0. The number of ketones is 1. The summed E-state index contributed by atoms with van der Waals surface area (Å²) in [6, 6.07) is 0. The van der Waals surface area contributed by atoms with Crippen molar-refractivity contribution in [2.24, 2.45) is 0 Å². The summed E-state index contributed by atoms with van der Waals surface area (Å²) in [5.41, 5.74) is 0. The topological polar surface area (TPSA) is 156 Å². The zero-order valence-corrected chi connectivity index (χ0v) is 17.8. The quantitative estimate of drug-likeness (QED) is 0.240. The van der Waals surface area contributed by atoms with Crippen molar-refractivity contribution >= 4 is 47.3 Å². The number of Topliss-reactive ketones (excluding diaryl/α,β-unsaturated/α-hetero) is 1. The molecule has 1 unspecified atom stereocenters. The van der Waals surface area contributed by atoms with Crippen LogP contribution in [0.25, 0.3) is 0 Å². The second-order valence-electron chi connectivity index (χ2n) is 6.24. The molecule has 2 rings (SSSR count). The zero-order valence-electron chi connectivity index (χ0n) is 20.9. The molecule has 0 bridgehead atoms. The lowest BCUT2D eigenvalue weighted by Crippen LogP contribution is -2.63. The van der Waals surface area contributed by atoms with Crippen LogP contribution in [-0.4, -0.2) is 99.5 Å². The van der Waals surface area contributed by atoms with Gasteiger partial charge in [0.05, 0.1) is 17.7 Å². The molecule has 1 aliphatic heterocycles. The van der Waals surface area contributed by atoms with E-state index < -0.39 is 82.1 Å². The van der Waals surface area contributed by atoms with Crippen LogP contribution in [0.15, 0.2) is 6.20 Å². The Balaban J connectivity index is 2.41. The van der Waals surface area contributed by atoms with Crippen LogP contribution in [0.2, 0.25) is 0 Å². The number of thiazole rings is 1. The minimum Gasteiger partial charge on any atom is -0.371 e. The summed E-state index contributed by atoms with van der Waals surface area (Å²) in [6.07, 6.45) is -9.25. The van der Waals surface area contributed by atoms with Crippen LogP contribution in [0.5, 0.6) is 0 Å². The van der Waals surface area contributed by atoms with E-state index in [-0.39, 0.29) is 17.5 Å². The van der Waals surface area contributed by atoms with Crippen LogP contribution in [-0.2, 0) is 42.9 Å². The predicted octanol–water partition coefficient (Wildman–Crippen LogP) is -0.550. The lowest BCUT2D eigenvalue weighted by molar-refractivity contribution is -0.254. The Morgan fingerprint density at radius 2 is 1.66 bits per heavy atom. The molecule has 0 aromatic carbocycles. The van der Waals surface area contributed by atoms with Gasteiger partial charge in [-0.3, -0.25) is 4.79 Å². The highest BCUT2D eigenvalue weighted by Crippen LogP contribution is 2.30. The number of nitrogens with zero attached hydrogens (tertiary/aromatic N) is 1. The molecular formula is C19H24N2O10S. The molecule has 1 aromatic heterocycles. The van der Waals surface area contributed by atoms with Crippen molar-refractivity contribution in [3.63, 3.8) is 0 Å². The lowest BCUT2D eigenvalue weighted by atomic mass is 9.97. The number of carbonyl (C=O) groups is 5. The van der Waals surface area contributed by atoms with E-state index in [1.165, 1.54) is 13.1 Å². The number of hydrogen-bond acceptors (Lipinski definition) is 13. The smallest absolute Gasteiger partial charge is 0.185 e. The third-order valence-corrected chi connectivity index (χ3v) is 5.23. The van der Waals surface area contributed by atoms with Crippen LogP contribution in [0, 0.1) is 0 Å². The molecule has 1 aliphatic rings. The predicted molar refractivity (Wildman–Crippen MR) is 109 cm³/mol. The van der Waals surface area contributed by atoms with E-state index in [2.05, 4.69) is 10.3 Å². The first-order chi connectivity index (χ1) is 17.0. The average molecular weight is 476 g/mol. The van der Waals surface area contributed by atoms with Gasteiger partial charge >= 0.3 is 0 Å². The summed E-state index contributed by atoms with van der Waals surface area (Å²) in [4.78, 5) is 60.9. The number of anilines is 1. The van der Waals surface area contributed by atoms with E-state index >= 15 is 0 Å². The molecule has 1 saturated heterocycles. The fourth-order valence-corrected chi connectivity index (χ4v) is 3.71. The molecule has 0 amide bonds. The van der Waals surface area contributed by atoms with Crippen molar-refractivity contribution in [1.29, 1.82) is 0 Å². The summed E-state index contributed by atoms with van der Waals surface area (Å²) >= 11 is 0.981. The van der Waals surface area contributed by atoms with Crippen LogP contribution in [0.3, 0.4) is 0 Å². The summed E-state index contributed by atoms with van der Waals surface area (Å²) in [5.74, 6) is -0.243. The Bertz CT molecular complexity index is 964. The maximum absolute atomic E-state index is 11.6. The highest BCUT2D eigenvalue weighted by molar-refractivity contribution is 7.17. The van der Waals surface area contributed by atoms with Crippen LogP contribution < -0.4 is 5.32 Å². The third-order valence-electron chi connectivity index (χ3n) is 4.20. The summed E-state index contributed by atoms with van der Waals surface area (Å²) in [6.45, 7) is -1.82. The largest absolute Gasteiger partial charge is 0.371 e. The summed E-state index contributed by atoms with van der Waals surface area (Å²) < 4.78 is 56.0. The standard InChI is InChI=1S/C19H24N2O10S/c1-12(26)14-10-20-19(32-14)21-18-17(30-9-5-25)16(29-8-4-24)15(28-7-3-23)13(31-18)11-27-6-2-22/h2-5,10,13,15-18H,6-9,11H2,1H3,(H,20,21)/t13-,15-,16+,17+,18?/m1/s1/i2D,3D,4D,5D. The van der Waals surface area contributed by atoms with Gasteiger partial charge in [0, 0.05) is 6.92 Å². The van der Waals surface area contributed by atoms with Crippen molar-refractivity contribution in [3.8, 4) is 0 Å². The monoisotopic (exact) mass is 476 g/mol. The normalized spacial score (nSPS) is 26.8. The van der Waals surface area contributed by atoms with E-state index in [0.29, 0.717) is 4.88 Å². The molecule has 5 atom stereocenters. The Hall–Kier alpha value is -2.42. The Morgan fingerprint density at radius 1 is 1.06 bits per heavy atom. The van der Waals surface area contributed by atoms with Crippen LogP contribution >= 0.6 is 11.3 Å². The molecule has 12 nitrogen and oxygen atoms in total. The van der Waals surface area contributed by atoms with Gasteiger partial charge in [-0.2, -0.15) is 0 Å². The van der Waals surface area contributed by atoms with Gasteiger partial charge in [-0.1, -0.05) is 11.3 Å². The highest BCUT2D eigenvalue weighted by Gasteiger charge is 2.48. The molecule has 2 heterocycles. The summed E-state index contributed by atoms with van der Waals surface area (Å²) in [5, 5.41) is 3.07. The third kappa shape index (κ3) is 7.32. The first-order valence-electron chi connectivity index (χ1n) is 11.3. The second-order valence-corrected chi connectivity index (χ2v) is 7.28. The number of nitrogens with one attached hydrogen (secondary N) is 1. The SMILES string of the molecule is [2H]C(=O)COC[C@H]1OC(Nc2ncc(C(C)=O)s2)[C@@H](OCC([2H])=O)[C@@H](OCC([2H])=O)[C@@H]1OCC([2H])=O. The van der Waals surface area contributed by atoms with Crippen LogP contribution in [0.1, 0.15) is 22.1 Å². The molecule has 0 aliphatic carbocycles. The van der Waals surface area contributed by atoms with Crippen molar-refractivity contribution in [2.45, 2.75) is 37.6 Å². The minimum atomic E-state index is -1.31. The molecule has 1 N–H and O–H groups in total. The molecule has 1 aromatic rings. The van der Waals surface area contributed by atoms with Gasteiger partial charge < -0.3 is 48.2 Å². The fraction of sp³-hybridized carbons (Fsp3) is 0.579. The minimum absolute atomic E-state index is 0.202. The number of aldehydes is 4. The first-order valence-corrected chi connectivity index (χ1v) is 10.1. The Labute approximate surface area is 193 Å². The van der Waals surface area contributed by atoms with E-state index in [1.54, 1.807) is 0 Å². The van der Waals surface area contributed by atoms with Gasteiger partial charge in [0.1, 0.15) is 81.4 Å². The van der Waals surface area contributed by atoms with Gasteiger partial charge in [-0.15, -0.1) is 0 Å². The molecule has 0 saturated carbocycles. The van der Waals surface area contributed by atoms with E-state index in [0.717, 1.165) is 11.3 Å². The van der Waals surface area contributed by atoms with Crippen LogP contribution in [0.4, 0.5) is 5.13 Å². The van der Waals surface area contributed by atoms with Crippen molar-refractivity contribution in [3.05, 3.63) is 11.1 Å². The number of ether oxygens (including phenoxy) is 5. The van der Waals surface area contributed by atoms with Crippen molar-refractivity contribution in [1.82, 2.24) is 4.98 Å². The van der Waals surface area contributed by atoms with Gasteiger partial charge in [0.2, 0.25) is 0 Å². The molecule has 0 radical (unpaired) electrons. The molecular weight excluding hydrogens is 448 g/mol.